The number of amides is 1. The van der Waals surface area contributed by atoms with Crippen LogP contribution < -0.4 is 20.3 Å². The summed E-state index contributed by atoms with van der Waals surface area (Å²) < 4.78 is 23.9. The van der Waals surface area contributed by atoms with E-state index in [9.17, 15) is 9.59 Å². The summed E-state index contributed by atoms with van der Waals surface area (Å²) in [7, 11) is 6.96. The number of likely N-dealkylation sites (tertiary alicyclic amines) is 1. The Labute approximate surface area is 261 Å². The number of carbonyl (C=O) groups excluding carboxylic acids is 1. The first-order chi connectivity index (χ1) is 21.3. The molecule has 2 aromatic heterocycles. The molecule has 236 valence electrons. The van der Waals surface area contributed by atoms with Crippen molar-refractivity contribution in [2.45, 2.75) is 19.1 Å². The van der Waals surface area contributed by atoms with E-state index in [1.54, 1.807) is 47.0 Å². The van der Waals surface area contributed by atoms with Gasteiger partial charge >= 0.3 is 0 Å². The van der Waals surface area contributed by atoms with Crippen LogP contribution in [0, 0.1) is 5.92 Å². The fraction of sp³-hybridized carbons (Fsp3) is 0.484. The summed E-state index contributed by atoms with van der Waals surface area (Å²) in [6.07, 6.45) is 5.76. The molecular formula is C31H39ClN6O6. The van der Waals surface area contributed by atoms with Crippen molar-refractivity contribution >= 4 is 34.5 Å². The molecule has 2 saturated heterocycles. The summed E-state index contributed by atoms with van der Waals surface area (Å²) in [5, 5.41) is 4.22. The summed E-state index contributed by atoms with van der Waals surface area (Å²) in [6.45, 7) is 4.40. The highest BCUT2D eigenvalue weighted by Crippen LogP contribution is 2.38. The first-order valence-corrected chi connectivity index (χ1v) is 15.0. The predicted molar refractivity (Wildman–Crippen MR) is 169 cm³/mol. The van der Waals surface area contributed by atoms with Gasteiger partial charge in [-0.2, -0.15) is 4.98 Å². The molecule has 1 N–H and O–H groups in total. The lowest BCUT2D eigenvalue weighted by Crippen LogP contribution is -2.33. The van der Waals surface area contributed by atoms with Crippen LogP contribution in [-0.2, 0) is 20.8 Å². The smallest absolute Gasteiger partial charge is 0.260 e. The number of aromatic nitrogens is 3. The number of anilines is 1. The number of methoxy groups -OCH3 is 2. The maximum atomic E-state index is 14.1. The van der Waals surface area contributed by atoms with E-state index in [4.69, 9.17) is 35.5 Å². The van der Waals surface area contributed by atoms with Crippen molar-refractivity contribution in [3.8, 4) is 22.6 Å². The van der Waals surface area contributed by atoms with Gasteiger partial charge in [0.15, 0.2) is 0 Å². The highest BCUT2D eigenvalue weighted by Gasteiger charge is 2.26. The van der Waals surface area contributed by atoms with Crippen LogP contribution in [0.25, 0.3) is 22.2 Å². The normalized spacial score (nSPS) is 17.0. The molecule has 0 saturated carbocycles. The third kappa shape index (κ3) is 7.32. The van der Waals surface area contributed by atoms with Crippen molar-refractivity contribution in [3.05, 3.63) is 51.9 Å². The number of fused-ring (bicyclic) bond motifs is 1. The molecule has 3 aromatic rings. The number of hydrogen-bond acceptors (Lipinski definition) is 10. The lowest BCUT2D eigenvalue weighted by atomic mass is 10.0. The quantitative estimate of drug-likeness (QED) is 0.284. The van der Waals surface area contributed by atoms with Gasteiger partial charge in [-0.05, 0) is 32.6 Å². The van der Waals surface area contributed by atoms with E-state index in [0.717, 1.165) is 6.42 Å². The Morgan fingerprint density at radius 2 is 2.02 bits per heavy atom. The monoisotopic (exact) mass is 626 g/mol. The molecule has 1 aromatic carbocycles. The molecule has 0 radical (unpaired) electrons. The second-order valence-corrected chi connectivity index (χ2v) is 11.6. The van der Waals surface area contributed by atoms with Crippen molar-refractivity contribution in [3.63, 3.8) is 0 Å². The first-order valence-electron chi connectivity index (χ1n) is 14.6. The number of carbonyl (C=O) groups is 1. The molecule has 2 aliphatic heterocycles. The molecule has 44 heavy (non-hydrogen) atoms. The molecule has 1 unspecified atom stereocenters. The van der Waals surface area contributed by atoms with Crippen LogP contribution >= 0.6 is 11.6 Å². The van der Waals surface area contributed by atoms with E-state index < -0.39 is 0 Å². The minimum Gasteiger partial charge on any atom is -0.497 e. The average Bonchev–Trinajstić information content (AvgIpc) is 3.46. The lowest BCUT2D eigenvalue weighted by Gasteiger charge is -2.25. The van der Waals surface area contributed by atoms with E-state index in [0.29, 0.717) is 89.9 Å². The molecule has 5 rings (SSSR count). The number of likely N-dealkylation sites (N-methyl/N-ethyl adjacent to an activating group) is 1. The van der Waals surface area contributed by atoms with E-state index in [1.807, 2.05) is 25.1 Å². The second kappa shape index (κ2) is 14.4. The fourth-order valence-corrected chi connectivity index (χ4v) is 5.45. The molecule has 0 aliphatic carbocycles. The van der Waals surface area contributed by atoms with Crippen LogP contribution in [0.4, 0.5) is 5.95 Å². The summed E-state index contributed by atoms with van der Waals surface area (Å²) in [5.41, 5.74) is 1.02. The van der Waals surface area contributed by atoms with Crippen LogP contribution in [0.1, 0.15) is 6.42 Å². The predicted octanol–water partition coefficient (Wildman–Crippen LogP) is 2.92. The molecule has 1 atom stereocenters. The molecule has 0 spiro atoms. The van der Waals surface area contributed by atoms with E-state index >= 15 is 0 Å². The molecular weight excluding hydrogens is 588 g/mol. The summed E-state index contributed by atoms with van der Waals surface area (Å²) in [4.78, 5) is 39.6. The molecule has 4 heterocycles. The zero-order valence-corrected chi connectivity index (χ0v) is 26.3. The zero-order chi connectivity index (χ0) is 31.2. The van der Waals surface area contributed by atoms with Gasteiger partial charge < -0.3 is 34.1 Å². The van der Waals surface area contributed by atoms with Crippen molar-refractivity contribution < 1.29 is 23.7 Å². The zero-order valence-electron chi connectivity index (χ0n) is 25.5. The van der Waals surface area contributed by atoms with E-state index in [1.165, 1.54) is 7.11 Å². The van der Waals surface area contributed by atoms with Gasteiger partial charge in [0.1, 0.15) is 17.1 Å². The molecule has 2 fully saturated rings. The van der Waals surface area contributed by atoms with Crippen molar-refractivity contribution in [1.82, 2.24) is 24.3 Å². The van der Waals surface area contributed by atoms with Gasteiger partial charge in [-0.25, -0.2) is 4.98 Å². The SMILES string of the molecule is COc1cc(OC)c(Cl)c(-c2cc3cnc(NCC4COC4)nc3n(CCOC3CCN(C(=O)/C=C/CN(C)C)C3)c2=O)c1. The third-order valence-electron chi connectivity index (χ3n) is 7.70. The second-order valence-electron chi connectivity index (χ2n) is 11.2. The Hall–Kier alpha value is -3.71. The summed E-state index contributed by atoms with van der Waals surface area (Å²) in [5.74, 6) is 1.70. The van der Waals surface area contributed by atoms with Gasteiger partial charge in [-0.15, -0.1) is 0 Å². The van der Waals surface area contributed by atoms with E-state index in [-0.39, 0.29) is 30.7 Å². The number of halogens is 1. The number of pyridine rings is 1. The van der Waals surface area contributed by atoms with Crippen LogP contribution in [-0.4, -0.2) is 111 Å². The minimum absolute atomic E-state index is 0.0244. The Morgan fingerprint density at radius 3 is 2.73 bits per heavy atom. The maximum absolute atomic E-state index is 14.1. The van der Waals surface area contributed by atoms with Gasteiger partial charge in [-0.1, -0.05) is 17.7 Å². The van der Waals surface area contributed by atoms with Crippen molar-refractivity contribution in [2.24, 2.45) is 5.92 Å². The molecule has 0 bridgehead atoms. The topological polar surface area (TPSA) is 120 Å². The van der Waals surface area contributed by atoms with Gasteiger partial charge in [0, 0.05) is 66.9 Å². The fourth-order valence-electron chi connectivity index (χ4n) is 5.16. The summed E-state index contributed by atoms with van der Waals surface area (Å²) >= 11 is 6.70. The van der Waals surface area contributed by atoms with Crippen LogP contribution in [0.3, 0.4) is 0 Å². The first kappa shape index (κ1) is 31.7. The van der Waals surface area contributed by atoms with Crippen LogP contribution in [0.15, 0.2) is 41.3 Å². The number of nitrogens with one attached hydrogen (secondary N) is 1. The molecule has 12 nitrogen and oxygen atoms in total. The third-order valence-corrected chi connectivity index (χ3v) is 8.09. The maximum Gasteiger partial charge on any atom is 0.260 e. The number of rotatable bonds is 13. The minimum atomic E-state index is -0.287. The lowest BCUT2D eigenvalue weighted by molar-refractivity contribution is -0.125. The van der Waals surface area contributed by atoms with Crippen LogP contribution in [0.5, 0.6) is 11.5 Å². The number of nitrogens with zero attached hydrogens (tertiary/aromatic N) is 5. The molecule has 13 heteroatoms. The Kier molecular flexibility index (Phi) is 10.4. The average molecular weight is 627 g/mol. The highest BCUT2D eigenvalue weighted by atomic mass is 35.5. The summed E-state index contributed by atoms with van der Waals surface area (Å²) in [6, 6.07) is 5.12. The van der Waals surface area contributed by atoms with Gasteiger partial charge in [-0.3, -0.25) is 14.2 Å². The van der Waals surface area contributed by atoms with E-state index in [2.05, 4.69) is 10.3 Å². The van der Waals surface area contributed by atoms with Gasteiger partial charge in [0.2, 0.25) is 11.9 Å². The number of hydrogen-bond donors (Lipinski definition) is 1. The molecule has 1 amide bonds. The Balaban J connectivity index is 1.40. The number of ether oxygens (including phenoxy) is 4. The standard InChI is InChI=1S/C31H39ClN6O6/c1-36(2)8-5-6-27(39)37-9-7-22(17-37)44-11-10-38-29-21(16-34-31(35-29)33-15-20-18-43-19-20)12-25(30(38)40)24-13-23(41-3)14-26(42-4)28(24)32/h5-6,12-14,16,20,22H,7-11,15,17-19H2,1-4H3,(H,33,34,35)/b6-5+. The van der Waals surface area contributed by atoms with Crippen molar-refractivity contribution in [2.75, 3.05) is 79.6 Å². The van der Waals surface area contributed by atoms with Gasteiger partial charge in [0.25, 0.3) is 5.56 Å². The van der Waals surface area contributed by atoms with Gasteiger partial charge in [0.05, 0.1) is 51.7 Å². The largest absolute Gasteiger partial charge is 0.497 e. The Morgan fingerprint density at radius 1 is 1.20 bits per heavy atom. The van der Waals surface area contributed by atoms with Crippen LogP contribution in [0.2, 0.25) is 5.02 Å². The Bertz CT molecular complexity index is 1570. The highest BCUT2D eigenvalue weighted by molar-refractivity contribution is 6.35. The number of benzene rings is 1. The van der Waals surface area contributed by atoms with Crippen molar-refractivity contribution in [1.29, 1.82) is 0 Å². The molecule has 2 aliphatic rings.